The molecule has 0 aliphatic carbocycles. The molecule has 1 heterocycles. The molecular weight excluding hydrogens is 196 g/mol. The quantitative estimate of drug-likeness (QED) is 0.484. The fourth-order valence-electron chi connectivity index (χ4n) is 2.45. The van der Waals surface area contributed by atoms with Crippen LogP contribution in [0.2, 0.25) is 24.2 Å². The Morgan fingerprint density at radius 3 is 1.67 bits per heavy atom. The third kappa shape index (κ3) is 4.14. The van der Waals surface area contributed by atoms with Crippen LogP contribution in [-0.2, 0) is 0 Å². The van der Waals surface area contributed by atoms with Crippen LogP contribution in [0.1, 0.15) is 39.5 Å². The van der Waals surface area contributed by atoms with Gasteiger partial charge in [0.05, 0.1) is 8.07 Å². The van der Waals surface area contributed by atoms with E-state index in [1.165, 1.54) is 49.9 Å². The summed E-state index contributed by atoms with van der Waals surface area (Å²) in [7, 11) is -1.12. The maximum Gasteiger partial charge on any atom is 0.0789 e. The largest absolute Gasteiger partial charge is 0.107 e. The van der Waals surface area contributed by atoms with Crippen LogP contribution in [0.4, 0.5) is 0 Å². The molecule has 1 heteroatoms. The van der Waals surface area contributed by atoms with Gasteiger partial charge < -0.3 is 0 Å². The lowest BCUT2D eigenvalue weighted by Crippen LogP contribution is -2.31. The molecule has 0 unspecified atom stereocenters. The molecule has 0 spiro atoms. The van der Waals surface area contributed by atoms with Crippen LogP contribution in [0, 0.1) is 23.7 Å². The van der Waals surface area contributed by atoms with Crippen molar-refractivity contribution in [3.05, 3.63) is 0 Å². The molecule has 0 radical (unpaired) electrons. The van der Waals surface area contributed by atoms with Gasteiger partial charge in [0.1, 0.15) is 0 Å². The standard InChI is InChI=1S/C14H22Si/c1-3-5-11-15(12-6-4-2)13-9-7-8-10-14-15/h7-14H2,1-2H3. The van der Waals surface area contributed by atoms with Crippen LogP contribution in [0.25, 0.3) is 0 Å². The first kappa shape index (κ1) is 12.4. The Morgan fingerprint density at radius 2 is 1.27 bits per heavy atom. The Labute approximate surface area is 95.9 Å². The molecule has 0 amide bonds. The Balaban J connectivity index is 2.68. The van der Waals surface area contributed by atoms with Crippen molar-refractivity contribution < 1.29 is 0 Å². The van der Waals surface area contributed by atoms with Gasteiger partial charge in [0.2, 0.25) is 0 Å². The van der Waals surface area contributed by atoms with Crippen molar-refractivity contribution in [3.63, 3.8) is 0 Å². The molecule has 0 aromatic rings. The Bertz CT molecular complexity index is 263. The minimum absolute atomic E-state index is 1.12. The number of hydrogen-bond donors (Lipinski definition) is 0. The van der Waals surface area contributed by atoms with Crippen LogP contribution in [-0.4, -0.2) is 8.07 Å². The van der Waals surface area contributed by atoms with E-state index < -0.39 is 8.07 Å². The second-order valence-corrected chi connectivity index (χ2v) is 9.33. The van der Waals surface area contributed by atoms with Gasteiger partial charge >= 0.3 is 0 Å². The zero-order valence-electron chi connectivity index (χ0n) is 10.2. The zero-order chi connectivity index (χ0) is 11.0. The van der Waals surface area contributed by atoms with E-state index >= 15 is 0 Å². The summed E-state index contributed by atoms with van der Waals surface area (Å²) < 4.78 is 0. The monoisotopic (exact) mass is 218 g/mol. The molecule has 1 aliphatic rings. The van der Waals surface area contributed by atoms with Gasteiger partial charge in [-0.25, -0.2) is 0 Å². The van der Waals surface area contributed by atoms with E-state index in [1.54, 1.807) is 0 Å². The molecule has 82 valence electrons. The van der Waals surface area contributed by atoms with E-state index in [4.69, 9.17) is 0 Å². The van der Waals surface area contributed by atoms with E-state index in [1.807, 2.05) is 13.8 Å². The summed E-state index contributed by atoms with van der Waals surface area (Å²) in [4.78, 5) is 0. The minimum Gasteiger partial charge on any atom is -0.107 e. The van der Waals surface area contributed by atoms with Crippen molar-refractivity contribution in [1.29, 1.82) is 0 Å². The molecular formula is C14H22Si. The maximum atomic E-state index is 3.34. The molecule has 1 fully saturated rings. The topological polar surface area (TPSA) is 0 Å². The predicted molar refractivity (Wildman–Crippen MR) is 70.4 cm³/mol. The summed E-state index contributed by atoms with van der Waals surface area (Å²) in [6, 6.07) is 5.32. The molecule has 0 aromatic carbocycles. The van der Waals surface area contributed by atoms with Crippen molar-refractivity contribution in [2.75, 3.05) is 0 Å². The highest BCUT2D eigenvalue weighted by molar-refractivity contribution is 6.81. The van der Waals surface area contributed by atoms with Gasteiger partial charge in [-0.05, 0) is 13.8 Å². The van der Waals surface area contributed by atoms with Gasteiger partial charge in [-0.15, -0.1) is 23.7 Å². The average molecular weight is 218 g/mol. The first-order chi connectivity index (χ1) is 7.33. The molecule has 0 aromatic heterocycles. The zero-order valence-corrected chi connectivity index (χ0v) is 11.2. The first-order valence-electron chi connectivity index (χ1n) is 6.12. The normalized spacial score (nSPS) is 19.1. The van der Waals surface area contributed by atoms with Gasteiger partial charge in [-0.1, -0.05) is 37.8 Å². The molecule has 1 rings (SSSR count). The summed E-state index contributed by atoms with van der Waals surface area (Å²) in [5.41, 5.74) is 0. The van der Waals surface area contributed by atoms with E-state index in [0.717, 1.165) is 0 Å². The van der Waals surface area contributed by atoms with Crippen LogP contribution in [0.3, 0.4) is 0 Å². The van der Waals surface area contributed by atoms with Crippen LogP contribution in [0.15, 0.2) is 0 Å². The van der Waals surface area contributed by atoms with Gasteiger partial charge in [0.25, 0.3) is 0 Å². The van der Waals surface area contributed by atoms with E-state index in [2.05, 4.69) is 23.7 Å². The highest BCUT2D eigenvalue weighted by Crippen LogP contribution is 2.33. The summed E-state index contributed by atoms with van der Waals surface area (Å²) >= 11 is 0. The summed E-state index contributed by atoms with van der Waals surface area (Å²) in [6.45, 7) is 3.93. The smallest absolute Gasteiger partial charge is 0.0789 e. The molecule has 0 atom stereocenters. The van der Waals surface area contributed by atoms with Gasteiger partial charge in [0, 0.05) is 12.1 Å². The third-order valence-electron chi connectivity index (χ3n) is 3.44. The second-order valence-electron chi connectivity index (χ2n) is 4.62. The van der Waals surface area contributed by atoms with E-state index in [0.29, 0.717) is 0 Å². The predicted octanol–water partition coefficient (Wildman–Crippen LogP) is 4.06. The van der Waals surface area contributed by atoms with Crippen molar-refractivity contribution in [2.45, 2.75) is 63.7 Å². The SMILES string of the molecule is CC#CC[Si]1(CC#CC)CCCCCC1. The molecule has 0 nitrogen and oxygen atoms in total. The fourth-order valence-corrected chi connectivity index (χ4v) is 6.63. The molecule has 0 saturated carbocycles. The second kappa shape index (κ2) is 6.75. The third-order valence-corrected chi connectivity index (χ3v) is 8.13. The Hall–Kier alpha value is -0.663. The highest BCUT2D eigenvalue weighted by atomic mass is 28.3. The lowest BCUT2D eigenvalue weighted by molar-refractivity contribution is 0.720. The van der Waals surface area contributed by atoms with Crippen molar-refractivity contribution >= 4 is 8.07 Å². The van der Waals surface area contributed by atoms with Crippen molar-refractivity contribution in [2.24, 2.45) is 0 Å². The number of hydrogen-bond acceptors (Lipinski definition) is 0. The molecule has 0 bridgehead atoms. The van der Waals surface area contributed by atoms with Crippen LogP contribution in [0.5, 0.6) is 0 Å². The summed E-state index contributed by atoms with van der Waals surface area (Å²) in [5.74, 6) is 12.8. The van der Waals surface area contributed by atoms with Crippen molar-refractivity contribution in [1.82, 2.24) is 0 Å². The van der Waals surface area contributed by atoms with E-state index in [9.17, 15) is 0 Å². The van der Waals surface area contributed by atoms with Gasteiger partial charge in [-0.2, -0.15) is 0 Å². The first-order valence-corrected chi connectivity index (χ1v) is 8.95. The molecule has 15 heavy (non-hydrogen) atoms. The van der Waals surface area contributed by atoms with Crippen LogP contribution < -0.4 is 0 Å². The summed E-state index contributed by atoms with van der Waals surface area (Å²) in [5, 5.41) is 0. The van der Waals surface area contributed by atoms with Crippen molar-refractivity contribution in [3.8, 4) is 23.7 Å². The highest BCUT2D eigenvalue weighted by Gasteiger charge is 2.31. The average Bonchev–Trinajstić information content (AvgIpc) is 2.50. The van der Waals surface area contributed by atoms with Gasteiger partial charge in [-0.3, -0.25) is 0 Å². The fraction of sp³-hybridized carbons (Fsp3) is 0.714. The van der Waals surface area contributed by atoms with Crippen LogP contribution >= 0.6 is 0 Å². The lowest BCUT2D eigenvalue weighted by Gasteiger charge is -2.26. The maximum absolute atomic E-state index is 3.34. The Morgan fingerprint density at radius 1 is 0.800 bits per heavy atom. The Kier molecular flexibility index (Phi) is 5.59. The number of rotatable bonds is 2. The molecule has 1 saturated heterocycles. The van der Waals surface area contributed by atoms with Gasteiger partial charge in [0.15, 0.2) is 0 Å². The summed E-state index contributed by atoms with van der Waals surface area (Å²) in [6.07, 6.45) is 5.74. The lowest BCUT2D eigenvalue weighted by atomic mass is 10.2. The molecule has 0 N–H and O–H groups in total. The molecule has 1 aliphatic heterocycles. The van der Waals surface area contributed by atoms with E-state index in [-0.39, 0.29) is 0 Å². The minimum atomic E-state index is -1.12.